The number of likely N-dealkylation sites (tertiary alicyclic amines) is 2. The van der Waals surface area contributed by atoms with Gasteiger partial charge in [-0.05, 0) is 90.1 Å². The van der Waals surface area contributed by atoms with Crippen molar-refractivity contribution >= 4 is 75.2 Å². The smallest absolute Gasteiger partial charge is 0.265 e. The van der Waals surface area contributed by atoms with Gasteiger partial charge in [0.1, 0.15) is 35.5 Å². The Morgan fingerprint density at radius 3 is 1.51 bits per heavy atom. The summed E-state index contributed by atoms with van der Waals surface area (Å²) in [6, 6.07) is 24.3. The third-order valence-corrected chi connectivity index (χ3v) is 12.6. The molecule has 4 amide bonds. The lowest BCUT2D eigenvalue weighted by Crippen LogP contribution is -2.56. The van der Waals surface area contributed by atoms with Crippen LogP contribution in [0.1, 0.15) is 75.5 Å². The SMILES string of the molecule is CC1(C)CN(C(=O)Cn2c(=O)c(C(=O)NCc3ccc(Cl)cc3)cc3cc(C=O)cnc32)C1.CN(CC#N)Cc1cnc2c(c1)cc(C(=O)NCc1ccc(Cl)cc1)c(=O)n2CC(=O)N1CC(C)(C)C1.CNCC#N. The molecule has 390 valence electrons. The monoisotopic (exact) mass is 1060 g/mol. The Labute approximate surface area is 443 Å². The molecule has 8 rings (SSSR count). The van der Waals surface area contributed by atoms with Crippen LogP contribution in [0.15, 0.2) is 94.8 Å². The first kappa shape index (κ1) is 56.5. The molecule has 19 nitrogen and oxygen atoms in total. The first-order valence-electron chi connectivity index (χ1n) is 23.8. The highest BCUT2D eigenvalue weighted by molar-refractivity contribution is 6.30. The number of rotatable bonds is 15. The van der Waals surface area contributed by atoms with Gasteiger partial charge in [-0.1, -0.05) is 75.2 Å². The van der Waals surface area contributed by atoms with Gasteiger partial charge < -0.3 is 25.8 Å². The quantitative estimate of drug-likeness (QED) is 0.0886. The number of fused-ring (bicyclic) bond motifs is 2. The van der Waals surface area contributed by atoms with Crippen LogP contribution in [-0.2, 0) is 42.3 Å². The van der Waals surface area contributed by atoms with Crippen molar-refractivity contribution in [1.29, 1.82) is 10.5 Å². The predicted molar refractivity (Wildman–Crippen MR) is 285 cm³/mol. The van der Waals surface area contributed by atoms with Gasteiger partial charge in [0.15, 0.2) is 6.29 Å². The fraction of sp³-hybridized carbons (Fsp3) is 0.352. The van der Waals surface area contributed by atoms with E-state index < -0.39 is 22.9 Å². The van der Waals surface area contributed by atoms with Gasteiger partial charge in [0.05, 0.1) is 25.2 Å². The Kier molecular flexibility index (Phi) is 18.8. The Morgan fingerprint density at radius 2 is 1.12 bits per heavy atom. The molecule has 2 aromatic carbocycles. The highest BCUT2D eigenvalue weighted by atomic mass is 35.5. The molecule has 0 spiro atoms. The van der Waals surface area contributed by atoms with E-state index >= 15 is 0 Å². The maximum atomic E-state index is 13.4. The third kappa shape index (κ3) is 14.9. The van der Waals surface area contributed by atoms with Crippen molar-refractivity contribution in [1.82, 2.24) is 49.8 Å². The van der Waals surface area contributed by atoms with Crippen molar-refractivity contribution in [3.8, 4) is 12.1 Å². The van der Waals surface area contributed by atoms with Gasteiger partial charge in [0.25, 0.3) is 22.9 Å². The summed E-state index contributed by atoms with van der Waals surface area (Å²) in [4.78, 5) is 104. The van der Waals surface area contributed by atoms with Crippen LogP contribution < -0.4 is 27.1 Å². The Hall–Kier alpha value is -7.81. The number of carbonyl (C=O) groups is 5. The van der Waals surface area contributed by atoms with E-state index in [0.29, 0.717) is 77.6 Å². The summed E-state index contributed by atoms with van der Waals surface area (Å²) in [6.45, 7) is 11.8. The van der Waals surface area contributed by atoms with Crippen LogP contribution in [0.2, 0.25) is 10.0 Å². The number of benzene rings is 2. The molecule has 6 heterocycles. The Bertz CT molecular complexity index is 3310. The molecule has 3 N–H and O–H groups in total. The van der Waals surface area contributed by atoms with E-state index in [9.17, 15) is 33.6 Å². The molecule has 2 aliphatic rings. The van der Waals surface area contributed by atoms with Crippen molar-refractivity contribution in [2.45, 2.75) is 60.4 Å². The summed E-state index contributed by atoms with van der Waals surface area (Å²) in [6.07, 6.45) is 3.60. The number of aromatic nitrogens is 4. The van der Waals surface area contributed by atoms with Crippen LogP contribution in [-0.4, -0.2) is 117 Å². The van der Waals surface area contributed by atoms with Crippen molar-refractivity contribution in [3.05, 3.63) is 149 Å². The van der Waals surface area contributed by atoms with E-state index in [1.807, 2.05) is 24.1 Å². The molecule has 2 aliphatic heterocycles. The van der Waals surface area contributed by atoms with Gasteiger partial charge >= 0.3 is 0 Å². The zero-order chi connectivity index (χ0) is 54.6. The Balaban J connectivity index is 0.000000225. The van der Waals surface area contributed by atoms with Crippen LogP contribution in [0.25, 0.3) is 22.1 Å². The minimum absolute atomic E-state index is 0.0448. The first-order chi connectivity index (χ1) is 35.6. The largest absolute Gasteiger partial charge is 0.348 e. The standard InChI is InChI=1S/C27H29ClN6O3.C24H23ClN4O4.C3H6N2/c1-27(2)16-33(17-27)23(35)15-34-24-20(10-19(13-30-24)14-32(3)9-8-29)11-22(26(34)37)25(36)31-12-18-4-6-21(28)7-5-18;1-24(2)13-28(14-24)20(31)11-29-21-17(7-16(12-30)10-26-21)8-19(23(29)33)22(32)27-9-15-3-5-18(25)6-4-15;1-5-3-2-4/h4-7,10-11,13H,9,12,14-17H2,1-3H3,(H,31,36);3-8,10,12H,9,11,13-14H2,1-2H3,(H,27,32);5H,3H2,1H3. The lowest BCUT2D eigenvalue weighted by Gasteiger charge is -2.45. The zero-order valence-corrected chi connectivity index (χ0v) is 44.1. The number of carbonyl (C=O) groups excluding carboxylic acids is 5. The van der Waals surface area contributed by atoms with Gasteiger partial charge in [-0.25, -0.2) is 9.97 Å². The summed E-state index contributed by atoms with van der Waals surface area (Å²) in [5.74, 6) is -1.54. The second-order valence-corrected chi connectivity index (χ2v) is 20.8. The lowest BCUT2D eigenvalue weighted by molar-refractivity contribution is -0.142. The Morgan fingerprint density at radius 1 is 0.680 bits per heavy atom. The number of halogens is 2. The van der Waals surface area contributed by atoms with Crippen molar-refractivity contribution in [3.63, 3.8) is 0 Å². The van der Waals surface area contributed by atoms with Crippen molar-refractivity contribution in [2.24, 2.45) is 10.8 Å². The average molecular weight is 1060 g/mol. The van der Waals surface area contributed by atoms with E-state index in [4.69, 9.17) is 33.7 Å². The average Bonchev–Trinajstić information content (AvgIpc) is 3.36. The van der Waals surface area contributed by atoms with E-state index in [1.54, 1.807) is 77.6 Å². The highest BCUT2D eigenvalue weighted by Gasteiger charge is 2.38. The van der Waals surface area contributed by atoms with E-state index in [1.165, 1.54) is 27.5 Å². The lowest BCUT2D eigenvalue weighted by atomic mass is 9.84. The molecule has 75 heavy (non-hydrogen) atoms. The number of hydrogen-bond acceptors (Lipinski definition) is 13. The van der Waals surface area contributed by atoms with Crippen LogP contribution in [0, 0.1) is 33.5 Å². The van der Waals surface area contributed by atoms with Gasteiger partial charge in [-0.2, -0.15) is 10.5 Å². The van der Waals surface area contributed by atoms with E-state index in [-0.39, 0.29) is 72.1 Å². The van der Waals surface area contributed by atoms with Crippen LogP contribution in [0.5, 0.6) is 0 Å². The molecule has 6 aromatic rings. The number of pyridine rings is 4. The molecule has 0 saturated carbocycles. The molecule has 0 aliphatic carbocycles. The number of hydrogen-bond donors (Lipinski definition) is 3. The third-order valence-electron chi connectivity index (χ3n) is 12.1. The maximum Gasteiger partial charge on any atom is 0.265 e. The summed E-state index contributed by atoms with van der Waals surface area (Å²) in [7, 11) is 3.56. The molecule has 4 aromatic heterocycles. The summed E-state index contributed by atoms with van der Waals surface area (Å²) < 4.78 is 2.48. The second-order valence-electron chi connectivity index (χ2n) is 19.9. The second kappa shape index (κ2) is 24.9. The summed E-state index contributed by atoms with van der Waals surface area (Å²) >= 11 is 11.8. The zero-order valence-electron chi connectivity index (χ0n) is 42.6. The van der Waals surface area contributed by atoms with Gasteiger partial charge in [0, 0.05) is 84.6 Å². The van der Waals surface area contributed by atoms with E-state index in [2.05, 4.69) is 59.7 Å². The fourth-order valence-electron chi connectivity index (χ4n) is 8.49. The van der Waals surface area contributed by atoms with Crippen LogP contribution >= 0.6 is 23.2 Å². The normalized spacial score (nSPS) is 13.9. The van der Waals surface area contributed by atoms with Gasteiger partial charge in [-0.3, -0.25) is 47.6 Å². The topological polar surface area (TPSA) is 249 Å². The number of nitrogens with zero attached hydrogens (tertiary/aromatic N) is 9. The maximum absolute atomic E-state index is 13.4. The molecular weight excluding hydrogens is 1000 g/mol. The summed E-state index contributed by atoms with van der Waals surface area (Å²) in [5.41, 5.74) is 2.06. The number of amides is 4. The minimum atomic E-state index is -0.615. The molecule has 2 saturated heterocycles. The molecule has 0 radical (unpaired) electrons. The number of nitriles is 2. The minimum Gasteiger partial charge on any atom is -0.348 e. The van der Waals surface area contributed by atoms with Crippen molar-refractivity contribution < 1.29 is 24.0 Å². The van der Waals surface area contributed by atoms with Crippen LogP contribution in [0.4, 0.5) is 0 Å². The van der Waals surface area contributed by atoms with Gasteiger partial charge in [-0.15, -0.1) is 0 Å². The predicted octanol–water partition coefficient (Wildman–Crippen LogP) is 5.19. The van der Waals surface area contributed by atoms with E-state index in [0.717, 1.165) is 16.7 Å². The van der Waals surface area contributed by atoms with Crippen LogP contribution in [0.3, 0.4) is 0 Å². The summed E-state index contributed by atoms with van der Waals surface area (Å²) in [5, 5.41) is 27.0. The van der Waals surface area contributed by atoms with Crippen molar-refractivity contribution in [2.75, 3.05) is 53.4 Å². The molecule has 2 fully saturated rings. The fourth-order valence-corrected chi connectivity index (χ4v) is 8.74. The molecule has 0 atom stereocenters. The van der Waals surface area contributed by atoms with Gasteiger partial charge in [0.2, 0.25) is 11.8 Å². The first-order valence-corrected chi connectivity index (χ1v) is 24.6. The molecular formula is C54H58Cl2N12O7. The number of aldehydes is 1. The highest BCUT2D eigenvalue weighted by Crippen LogP contribution is 2.30. The molecule has 0 bridgehead atoms. The molecule has 0 unspecified atom stereocenters. The number of nitrogens with one attached hydrogen (secondary N) is 3. The molecule has 21 heteroatoms.